The maximum Gasteiger partial charge on any atom is 0.254 e. The fourth-order valence-electron chi connectivity index (χ4n) is 2.33. The van der Waals surface area contributed by atoms with Gasteiger partial charge in [-0.05, 0) is 25.9 Å². The molecule has 1 rings (SSSR count). The number of rotatable bonds is 10. The van der Waals surface area contributed by atoms with Gasteiger partial charge in [-0.3, -0.25) is 9.69 Å². The maximum atomic E-state index is 11.9. The van der Waals surface area contributed by atoms with Crippen LogP contribution in [0.15, 0.2) is 0 Å². The molecule has 0 aliphatic carbocycles. The van der Waals surface area contributed by atoms with Crippen LogP contribution in [0, 0.1) is 0 Å². The second-order valence-electron chi connectivity index (χ2n) is 5.07. The Morgan fingerprint density at radius 3 is 2.11 bits per heavy atom. The lowest BCUT2D eigenvalue weighted by atomic mass is 10.1. The Kier molecular flexibility index (Phi) is 7.95. The van der Waals surface area contributed by atoms with Crippen molar-refractivity contribution in [2.24, 2.45) is 0 Å². The van der Waals surface area contributed by atoms with E-state index in [0.717, 1.165) is 25.9 Å². The molecule has 0 aromatic heterocycles. The zero-order valence-corrected chi connectivity index (χ0v) is 13.5. The average molecular weight is 309 g/mol. The summed E-state index contributed by atoms with van der Waals surface area (Å²) in [6, 6.07) is -0.101. The van der Waals surface area contributed by atoms with Crippen molar-refractivity contribution in [3.05, 3.63) is 0 Å². The predicted octanol–water partition coefficient (Wildman–Crippen LogP) is 2.70. The Bertz CT molecular complexity index is 305. The van der Waals surface area contributed by atoms with E-state index in [0.29, 0.717) is 6.54 Å². The molecule has 0 aromatic rings. The van der Waals surface area contributed by atoms with Crippen molar-refractivity contribution in [3.63, 3.8) is 0 Å². The molecule has 0 bridgehead atoms. The van der Waals surface area contributed by atoms with Crippen LogP contribution in [0.4, 0.5) is 0 Å². The first-order valence-electron chi connectivity index (χ1n) is 7.25. The normalized spacial score (nSPS) is 20.7. The molecule has 0 saturated carbocycles. The minimum Gasteiger partial charge on any atom is -0.290 e. The van der Waals surface area contributed by atoms with Crippen LogP contribution in [0.1, 0.15) is 52.4 Å². The monoisotopic (exact) mass is 308 g/mol. The molecule has 0 aromatic carbocycles. The molecule has 4 nitrogen and oxygen atoms in total. The van der Waals surface area contributed by atoms with Crippen molar-refractivity contribution in [1.82, 2.24) is 9.21 Å². The predicted molar refractivity (Wildman–Crippen MR) is 80.1 cm³/mol. The summed E-state index contributed by atoms with van der Waals surface area (Å²) in [5.41, 5.74) is 0. The Balaban J connectivity index is 2.44. The first-order valence-corrected chi connectivity index (χ1v) is 9.18. The first-order chi connectivity index (χ1) is 9.11. The highest BCUT2D eigenvalue weighted by molar-refractivity contribution is 8.06. The van der Waals surface area contributed by atoms with Crippen molar-refractivity contribution in [1.29, 1.82) is 0 Å². The third kappa shape index (κ3) is 5.04. The molecule has 0 radical (unpaired) electrons. The zero-order valence-electron chi connectivity index (χ0n) is 11.9. The van der Waals surface area contributed by atoms with E-state index >= 15 is 0 Å². The minimum absolute atomic E-state index is 0.0821. The van der Waals surface area contributed by atoms with Gasteiger partial charge in [0.2, 0.25) is 10.2 Å². The largest absolute Gasteiger partial charge is 0.290 e. The number of hydrogen-bond donors (Lipinski definition) is 0. The summed E-state index contributed by atoms with van der Waals surface area (Å²) in [5, 5.41) is 0. The molecule has 0 N–H and O–H groups in total. The molecule has 1 saturated heterocycles. The molecule has 1 amide bonds. The number of β-lactam (4-membered cyclic amide) rings is 1. The van der Waals surface area contributed by atoms with Gasteiger partial charge in [-0.25, -0.2) is 8.51 Å². The topological polar surface area (TPSA) is 40.6 Å². The van der Waals surface area contributed by atoms with Gasteiger partial charge in [-0.15, -0.1) is 0 Å². The maximum absolute atomic E-state index is 11.9. The Morgan fingerprint density at radius 2 is 1.74 bits per heavy atom. The van der Waals surface area contributed by atoms with Gasteiger partial charge in [0.15, 0.2) is 0 Å². The van der Waals surface area contributed by atoms with Crippen LogP contribution in [0.2, 0.25) is 0 Å². The standard InChI is InChI=1S/C13H25ClN2O2S/c1-3-5-7-9-15(10-8-6-4-2)12-11-16(13(12)17)19(14)18/h12H,3-11H2,1-2H3. The summed E-state index contributed by atoms with van der Waals surface area (Å²) in [5.74, 6) is -0.0821. The van der Waals surface area contributed by atoms with Crippen LogP contribution in [0.3, 0.4) is 0 Å². The van der Waals surface area contributed by atoms with Crippen LogP contribution in [-0.4, -0.2) is 45.0 Å². The van der Waals surface area contributed by atoms with Crippen LogP contribution in [-0.2, 0) is 15.0 Å². The van der Waals surface area contributed by atoms with Crippen LogP contribution >= 0.6 is 10.7 Å². The van der Waals surface area contributed by atoms with Gasteiger partial charge in [0, 0.05) is 10.7 Å². The molecule has 19 heavy (non-hydrogen) atoms. The summed E-state index contributed by atoms with van der Waals surface area (Å²) >= 11 is 0. The van der Waals surface area contributed by atoms with E-state index in [1.807, 2.05) is 0 Å². The van der Waals surface area contributed by atoms with E-state index in [4.69, 9.17) is 10.7 Å². The Labute approximate surface area is 123 Å². The lowest BCUT2D eigenvalue weighted by molar-refractivity contribution is -0.142. The molecule has 0 spiro atoms. The SMILES string of the molecule is CCCCCN(CCCCC)C1CN(S(=O)Cl)C1=O. The van der Waals surface area contributed by atoms with E-state index in [2.05, 4.69) is 18.7 Å². The third-order valence-corrected chi connectivity index (χ3v) is 4.76. The number of halogens is 1. The molecule has 6 heteroatoms. The molecular formula is C13H25ClN2O2S. The van der Waals surface area contributed by atoms with Crippen LogP contribution in [0.25, 0.3) is 0 Å². The average Bonchev–Trinajstić information content (AvgIpc) is 2.36. The van der Waals surface area contributed by atoms with Crippen molar-refractivity contribution < 1.29 is 9.00 Å². The smallest absolute Gasteiger partial charge is 0.254 e. The van der Waals surface area contributed by atoms with Crippen molar-refractivity contribution in [2.45, 2.75) is 58.4 Å². The zero-order chi connectivity index (χ0) is 14.3. The van der Waals surface area contributed by atoms with E-state index in [-0.39, 0.29) is 11.9 Å². The molecule has 1 aliphatic heterocycles. The number of hydrogen-bond acceptors (Lipinski definition) is 3. The van der Waals surface area contributed by atoms with Crippen LogP contribution in [0.5, 0.6) is 0 Å². The van der Waals surface area contributed by atoms with Gasteiger partial charge in [0.1, 0.15) is 6.04 Å². The summed E-state index contributed by atoms with van der Waals surface area (Å²) in [6.45, 7) is 6.77. The van der Waals surface area contributed by atoms with Gasteiger partial charge in [-0.2, -0.15) is 0 Å². The quantitative estimate of drug-likeness (QED) is 0.354. The second-order valence-corrected chi connectivity index (χ2v) is 6.72. The first kappa shape index (κ1) is 16.9. The van der Waals surface area contributed by atoms with Crippen molar-refractivity contribution >= 4 is 26.8 Å². The highest BCUT2D eigenvalue weighted by Crippen LogP contribution is 2.21. The molecule has 2 atom stereocenters. The molecule has 112 valence electrons. The molecule has 1 aliphatic rings. The van der Waals surface area contributed by atoms with Crippen molar-refractivity contribution in [3.8, 4) is 0 Å². The molecule has 2 unspecified atom stereocenters. The summed E-state index contributed by atoms with van der Waals surface area (Å²) in [4.78, 5) is 14.2. The molecular weight excluding hydrogens is 284 g/mol. The number of nitrogens with zero attached hydrogens (tertiary/aromatic N) is 2. The van der Waals surface area contributed by atoms with Gasteiger partial charge in [0.25, 0.3) is 5.91 Å². The van der Waals surface area contributed by atoms with E-state index in [9.17, 15) is 9.00 Å². The van der Waals surface area contributed by atoms with E-state index in [1.165, 1.54) is 30.0 Å². The number of carbonyl (C=O) groups excluding carboxylic acids is 1. The number of unbranched alkanes of at least 4 members (excludes halogenated alkanes) is 4. The summed E-state index contributed by atoms with van der Waals surface area (Å²) < 4.78 is 12.3. The number of amides is 1. The van der Waals surface area contributed by atoms with Crippen molar-refractivity contribution in [2.75, 3.05) is 19.6 Å². The fraction of sp³-hybridized carbons (Fsp3) is 0.923. The van der Waals surface area contributed by atoms with Gasteiger partial charge < -0.3 is 0 Å². The molecule has 1 fully saturated rings. The van der Waals surface area contributed by atoms with Crippen LogP contribution < -0.4 is 0 Å². The Hall–Kier alpha value is -0.130. The minimum atomic E-state index is -1.68. The third-order valence-electron chi connectivity index (χ3n) is 3.58. The van der Waals surface area contributed by atoms with E-state index in [1.54, 1.807) is 0 Å². The fourth-order valence-corrected chi connectivity index (χ4v) is 3.23. The van der Waals surface area contributed by atoms with Gasteiger partial charge in [-0.1, -0.05) is 39.5 Å². The van der Waals surface area contributed by atoms with E-state index < -0.39 is 10.2 Å². The molecule has 1 heterocycles. The second kappa shape index (κ2) is 8.93. The summed E-state index contributed by atoms with van der Waals surface area (Å²) in [6.07, 6.45) is 6.98. The highest BCUT2D eigenvalue weighted by atomic mass is 35.7. The lowest BCUT2D eigenvalue weighted by Crippen LogP contribution is -2.63. The van der Waals surface area contributed by atoms with Gasteiger partial charge >= 0.3 is 0 Å². The summed E-state index contributed by atoms with van der Waals surface area (Å²) in [7, 11) is 3.78. The Morgan fingerprint density at radius 1 is 1.21 bits per heavy atom. The highest BCUT2D eigenvalue weighted by Gasteiger charge is 2.43. The number of carbonyl (C=O) groups is 1. The lowest BCUT2D eigenvalue weighted by Gasteiger charge is -2.42. The van der Waals surface area contributed by atoms with Gasteiger partial charge in [0.05, 0.1) is 6.54 Å².